The number of ether oxygens (including phenoxy) is 1. The zero-order chi connectivity index (χ0) is 10.2. The number of carbonyl (C=O) groups excluding carboxylic acids is 1. The molecule has 1 aromatic heterocycles. The van der Waals surface area contributed by atoms with Crippen molar-refractivity contribution in [3.63, 3.8) is 0 Å². The van der Waals surface area contributed by atoms with Crippen LogP contribution in [0.2, 0.25) is 0 Å². The van der Waals surface area contributed by atoms with Crippen molar-refractivity contribution in [3.8, 4) is 5.75 Å². The summed E-state index contributed by atoms with van der Waals surface area (Å²) in [6.45, 7) is 3.94. The molecule has 1 aliphatic heterocycles. The number of fused-ring (bicyclic) bond motifs is 1. The van der Waals surface area contributed by atoms with Gasteiger partial charge in [0.25, 0.3) is 0 Å². The third kappa shape index (κ3) is 1.53. The van der Waals surface area contributed by atoms with Crippen LogP contribution in [0.3, 0.4) is 0 Å². The van der Waals surface area contributed by atoms with Gasteiger partial charge < -0.3 is 4.74 Å². The fourth-order valence-electron chi connectivity index (χ4n) is 1.35. The first-order valence-corrected chi connectivity index (χ1v) is 4.45. The summed E-state index contributed by atoms with van der Waals surface area (Å²) in [5, 5.41) is 0. The molecule has 0 spiro atoms. The first-order valence-electron chi connectivity index (χ1n) is 4.45. The molecular weight excluding hydrogens is 178 g/mol. The van der Waals surface area contributed by atoms with E-state index in [1.54, 1.807) is 12.1 Å². The molecule has 0 fully saturated rings. The Balaban J connectivity index is 2.46. The van der Waals surface area contributed by atoms with Gasteiger partial charge in [-0.1, -0.05) is 0 Å². The Kier molecular flexibility index (Phi) is 1.88. The first-order chi connectivity index (χ1) is 6.61. The van der Waals surface area contributed by atoms with Crippen molar-refractivity contribution in [3.05, 3.63) is 29.6 Å². The molecule has 0 saturated heterocycles. The van der Waals surface area contributed by atoms with Crippen molar-refractivity contribution in [2.24, 2.45) is 0 Å². The van der Waals surface area contributed by atoms with Gasteiger partial charge in [-0.3, -0.25) is 4.79 Å². The van der Waals surface area contributed by atoms with Gasteiger partial charge in [-0.15, -0.1) is 0 Å². The predicted octanol–water partition coefficient (Wildman–Crippen LogP) is 2.08. The molecule has 2 rings (SSSR count). The van der Waals surface area contributed by atoms with E-state index in [-0.39, 0.29) is 5.60 Å². The van der Waals surface area contributed by atoms with Gasteiger partial charge in [-0.25, -0.2) is 4.98 Å². The molecule has 0 aromatic carbocycles. The zero-order valence-electron chi connectivity index (χ0n) is 8.15. The maximum absolute atomic E-state index is 10.5. The minimum Gasteiger partial charge on any atom is -0.482 e. The molecule has 2 heterocycles. The van der Waals surface area contributed by atoms with Crippen molar-refractivity contribution in [1.82, 2.24) is 4.98 Å². The molecular formula is C11H11NO2. The van der Waals surface area contributed by atoms with Crippen LogP contribution in [-0.2, 0) is 0 Å². The van der Waals surface area contributed by atoms with E-state index < -0.39 is 0 Å². The Morgan fingerprint density at radius 1 is 1.43 bits per heavy atom. The third-order valence-electron chi connectivity index (χ3n) is 2.04. The van der Waals surface area contributed by atoms with E-state index in [0.717, 1.165) is 12.0 Å². The molecule has 0 unspecified atom stereocenters. The van der Waals surface area contributed by atoms with Gasteiger partial charge in [-0.2, -0.15) is 0 Å². The molecule has 0 bridgehead atoms. The lowest BCUT2D eigenvalue weighted by Gasteiger charge is -2.27. The standard InChI is InChI=1S/C11H11NO2/c1-11(2)6-5-9-10(14-11)4-3-8(7-13)12-9/h3-7H,1-2H3. The van der Waals surface area contributed by atoms with Crippen molar-refractivity contribution in [1.29, 1.82) is 0 Å². The molecule has 0 amide bonds. The Hall–Kier alpha value is -1.64. The molecule has 0 atom stereocenters. The van der Waals surface area contributed by atoms with Crippen LogP contribution >= 0.6 is 0 Å². The highest BCUT2D eigenvalue weighted by Gasteiger charge is 2.22. The second-order valence-electron chi connectivity index (χ2n) is 3.78. The lowest BCUT2D eigenvalue weighted by Crippen LogP contribution is -2.27. The predicted molar refractivity (Wildman–Crippen MR) is 53.4 cm³/mol. The fourth-order valence-corrected chi connectivity index (χ4v) is 1.35. The van der Waals surface area contributed by atoms with Crippen LogP contribution in [-0.4, -0.2) is 16.9 Å². The topological polar surface area (TPSA) is 39.2 Å². The van der Waals surface area contributed by atoms with Gasteiger partial charge in [0, 0.05) is 0 Å². The van der Waals surface area contributed by atoms with E-state index in [1.807, 2.05) is 26.0 Å². The Bertz CT molecular complexity index is 408. The maximum atomic E-state index is 10.5. The number of rotatable bonds is 1. The largest absolute Gasteiger partial charge is 0.482 e. The van der Waals surface area contributed by atoms with Crippen LogP contribution in [0.5, 0.6) is 5.75 Å². The lowest BCUT2D eigenvalue weighted by molar-refractivity contribution is 0.111. The number of carbonyl (C=O) groups is 1. The van der Waals surface area contributed by atoms with Crippen molar-refractivity contribution >= 4 is 12.4 Å². The van der Waals surface area contributed by atoms with Crippen molar-refractivity contribution in [2.75, 3.05) is 0 Å². The summed E-state index contributed by atoms with van der Waals surface area (Å²) in [6.07, 6.45) is 4.54. The average molecular weight is 189 g/mol. The summed E-state index contributed by atoms with van der Waals surface area (Å²) < 4.78 is 5.65. The Morgan fingerprint density at radius 3 is 2.93 bits per heavy atom. The molecule has 3 nitrogen and oxygen atoms in total. The number of aromatic nitrogens is 1. The number of pyridine rings is 1. The minimum atomic E-state index is -0.294. The quantitative estimate of drug-likeness (QED) is 0.635. The second-order valence-corrected chi connectivity index (χ2v) is 3.78. The molecule has 0 N–H and O–H groups in total. The van der Waals surface area contributed by atoms with Gasteiger partial charge in [0.1, 0.15) is 22.7 Å². The van der Waals surface area contributed by atoms with E-state index in [4.69, 9.17) is 4.74 Å². The molecule has 0 aliphatic carbocycles. The van der Waals surface area contributed by atoms with Gasteiger partial charge >= 0.3 is 0 Å². The molecule has 0 saturated carbocycles. The molecule has 1 aromatic rings. The number of hydrogen-bond donors (Lipinski definition) is 0. The van der Waals surface area contributed by atoms with E-state index >= 15 is 0 Å². The molecule has 3 heteroatoms. The highest BCUT2D eigenvalue weighted by Crippen LogP contribution is 2.29. The minimum absolute atomic E-state index is 0.294. The van der Waals surface area contributed by atoms with Crippen LogP contribution in [0.4, 0.5) is 0 Å². The van der Waals surface area contributed by atoms with E-state index in [0.29, 0.717) is 11.4 Å². The smallest absolute Gasteiger partial charge is 0.168 e. The fraction of sp³-hybridized carbons (Fsp3) is 0.273. The van der Waals surface area contributed by atoms with Gasteiger partial charge in [-0.05, 0) is 38.1 Å². The van der Waals surface area contributed by atoms with Crippen molar-refractivity contribution in [2.45, 2.75) is 19.4 Å². The molecule has 0 radical (unpaired) electrons. The van der Waals surface area contributed by atoms with Crippen molar-refractivity contribution < 1.29 is 9.53 Å². The SMILES string of the molecule is CC1(C)C=Cc2nc(C=O)ccc2O1. The van der Waals surface area contributed by atoms with Crippen LogP contribution in [0, 0.1) is 0 Å². The maximum Gasteiger partial charge on any atom is 0.168 e. The van der Waals surface area contributed by atoms with Crippen LogP contribution in [0.15, 0.2) is 18.2 Å². The summed E-state index contributed by atoms with van der Waals surface area (Å²) in [5.41, 5.74) is 0.850. The van der Waals surface area contributed by atoms with E-state index in [2.05, 4.69) is 4.98 Å². The highest BCUT2D eigenvalue weighted by atomic mass is 16.5. The van der Waals surface area contributed by atoms with Gasteiger partial charge in [0.05, 0.1) is 0 Å². The van der Waals surface area contributed by atoms with E-state index in [1.165, 1.54) is 0 Å². The number of nitrogens with zero attached hydrogens (tertiary/aromatic N) is 1. The summed E-state index contributed by atoms with van der Waals surface area (Å²) in [5.74, 6) is 0.725. The normalized spacial score (nSPS) is 17.0. The number of aldehydes is 1. The van der Waals surface area contributed by atoms with Crippen LogP contribution in [0.1, 0.15) is 30.0 Å². The van der Waals surface area contributed by atoms with Gasteiger partial charge in [0.15, 0.2) is 6.29 Å². The lowest BCUT2D eigenvalue weighted by atomic mass is 10.1. The molecule has 1 aliphatic rings. The first kappa shape index (κ1) is 8.94. The second kappa shape index (κ2) is 2.94. The third-order valence-corrected chi connectivity index (χ3v) is 2.04. The Morgan fingerprint density at radius 2 is 2.21 bits per heavy atom. The van der Waals surface area contributed by atoms with Crippen LogP contribution in [0.25, 0.3) is 6.08 Å². The Labute approximate surface area is 82.4 Å². The summed E-state index contributed by atoms with van der Waals surface area (Å²) in [4.78, 5) is 14.6. The molecule has 72 valence electrons. The zero-order valence-corrected chi connectivity index (χ0v) is 8.15. The summed E-state index contributed by atoms with van der Waals surface area (Å²) in [7, 11) is 0. The highest BCUT2D eigenvalue weighted by molar-refractivity contribution is 5.73. The summed E-state index contributed by atoms with van der Waals surface area (Å²) >= 11 is 0. The van der Waals surface area contributed by atoms with E-state index in [9.17, 15) is 4.79 Å². The molecule has 14 heavy (non-hydrogen) atoms. The monoisotopic (exact) mass is 189 g/mol. The van der Waals surface area contributed by atoms with Gasteiger partial charge in [0.2, 0.25) is 0 Å². The van der Waals surface area contributed by atoms with Crippen LogP contribution < -0.4 is 4.74 Å². The summed E-state index contributed by atoms with van der Waals surface area (Å²) in [6, 6.07) is 3.43. The average Bonchev–Trinajstić information content (AvgIpc) is 2.16. The number of hydrogen-bond acceptors (Lipinski definition) is 3.